The second-order valence-corrected chi connectivity index (χ2v) is 5.85. The van der Waals surface area contributed by atoms with E-state index >= 15 is 0 Å². The van der Waals surface area contributed by atoms with Crippen molar-refractivity contribution in [2.75, 3.05) is 11.9 Å². The Kier molecular flexibility index (Phi) is 3.57. The Labute approximate surface area is 134 Å². The molecule has 1 amide bonds. The molecule has 2 N–H and O–H groups in total. The predicted molar refractivity (Wildman–Crippen MR) is 85.3 cm³/mol. The van der Waals surface area contributed by atoms with Gasteiger partial charge in [-0.3, -0.25) is 4.79 Å². The smallest absolute Gasteiger partial charge is 0.242 e. The van der Waals surface area contributed by atoms with Gasteiger partial charge in [-0.2, -0.15) is 0 Å². The average molecular weight is 310 g/mol. The fraction of sp³-hybridized carbons (Fsp3) is 0.353. The number of fused-ring (bicyclic) bond motifs is 2. The van der Waals surface area contributed by atoms with E-state index in [2.05, 4.69) is 26.7 Å². The van der Waals surface area contributed by atoms with E-state index in [9.17, 15) is 4.79 Å². The molecule has 0 unspecified atom stereocenters. The maximum Gasteiger partial charge on any atom is 0.242 e. The first-order valence-electron chi connectivity index (χ1n) is 7.89. The molecule has 1 saturated heterocycles. The molecule has 0 bridgehead atoms. The first-order chi connectivity index (χ1) is 11.3. The Morgan fingerprint density at radius 1 is 1.26 bits per heavy atom. The molecule has 4 rings (SSSR count). The molecular weight excluding hydrogens is 292 g/mol. The highest BCUT2D eigenvalue weighted by atomic mass is 16.5. The maximum atomic E-state index is 12.0. The van der Waals surface area contributed by atoms with Crippen LogP contribution in [0.25, 0.3) is 0 Å². The van der Waals surface area contributed by atoms with Gasteiger partial charge in [0.25, 0.3) is 0 Å². The molecule has 2 aromatic rings. The first kappa shape index (κ1) is 14.0. The van der Waals surface area contributed by atoms with Crippen LogP contribution in [-0.2, 0) is 17.8 Å². The quantitative estimate of drug-likeness (QED) is 0.882. The topological polar surface area (TPSA) is 76.1 Å². The molecule has 1 fully saturated rings. The fourth-order valence-corrected chi connectivity index (χ4v) is 3.09. The van der Waals surface area contributed by atoms with Gasteiger partial charge in [0.05, 0.1) is 5.69 Å². The molecule has 3 heterocycles. The molecule has 2 aliphatic rings. The number of anilines is 1. The summed E-state index contributed by atoms with van der Waals surface area (Å²) in [5.74, 6) is 1.65. The summed E-state index contributed by atoms with van der Waals surface area (Å²) in [7, 11) is 0. The minimum atomic E-state index is -0.234. The number of para-hydroxylation sites is 1. The van der Waals surface area contributed by atoms with Crippen molar-refractivity contribution in [3.05, 3.63) is 47.4 Å². The summed E-state index contributed by atoms with van der Waals surface area (Å²) in [6.45, 7) is 1.17. The van der Waals surface area contributed by atoms with Crippen molar-refractivity contribution in [2.24, 2.45) is 0 Å². The molecule has 1 atom stereocenters. The molecule has 0 spiro atoms. The molecule has 6 heteroatoms. The Bertz CT molecular complexity index is 747. The Balaban J connectivity index is 1.67. The summed E-state index contributed by atoms with van der Waals surface area (Å²) in [6, 6.07) is 7.75. The van der Waals surface area contributed by atoms with Gasteiger partial charge in [0, 0.05) is 18.5 Å². The summed E-state index contributed by atoms with van der Waals surface area (Å²) in [4.78, 5) is 20.7. The summed E-state index contributed by atoms with van der Waals surface area (Å²) < 4.78 is 5.84. The Morgan fingerprint density at radius 3 is 3.09 bits per heavy atom. The normalized spacial score (nSPS) is 19.7. The van der Waals surface area contributed by atoms with Crippen molar-refractivity contribution in [2.45, 2.75) is 31.9 Å². The van der Waals surface area contributed by atoms with Crippen LogP contribution in [-0.4, -0.2) is 28.5 Å². The largest absolute Gasteiger partial charge is 0.487 e. The monoisotopic (exact) mass is 310 g/mol. The lowest BCUT2D eigenvalue weighted by Gasteiger charge is -2.24. The minimum Gasteiger partial charge on any atom is -0.487 e. The number of hydrogen-bond donors (Lipinski definition) is 2. The second-order valence-electron chi connectivity index (χ2n) is 5.85. The highest BCUT2D eigenvalue weighted by Gasteiger charge is 2.25. The van der Waals surface area contributed by atoms with Gasteiger partial charge < -0.3 is 15.4 Å². The van der Waals surface area contributed by atoms with Crippen LogP contribution in [0.1, 0.15) is 29.7 Å². The third kappa shape index (κ3) is 2.72. The Hall–Kier alpha value is -2.63. The van der Waals surface area contributed by atoms with Gasteiger partial charge in [0.15, 0.2) is 0 Å². The molecule has 0 radical (unpaired) electrons. The number of carbonyl (C=O) groups excluding carboxylic acids is 1. The highest BCUT2D eigenvalue weighted by Crippen LogP contribution is 2.30. The molecular formula is C17H18N4O2. The van der Waals surface area contributed by atoms with Gasteiger partial charge in [-0.1, -0.05) is 18.2 Å². The number of nitrogens with zero attached hydrogens (tertiary/aromatic N) is 2. The van der Waals surface area contributed by atoms with Crippen molar-refractivity contribution in [3.8, 4) is 5.75 Å². The van der Waals surface area contributed by atoms with Gasteiger partial charge in [-0.25, -0.2) is 9.97 Å². The fourth-order valence-electron chi connectivity index (χ4n) is 3.09. The summed E-state index contributed by atoms with van der Waals surface area (Å²) in [5.41, 5.74) is 2.99. The van der Waals surface area contributed by atoms with E-state index < -0.39 is 0 Å². The van der Waals surface area contributed by atoms with Gasteiger partial charge in [0.2, 0.25) is 5.91 Å². The molecule has 1 aromatic carbocycles. The number of nitrogens with one attached hydrogen (secondary N) is 2. The number of amides is 1. The van der Waals surface area contributed by atoms with Gasteiger partial charge >= 0.3 is 0 Å². The molecule has 1 aromatic heterocycles. The number of piperidine rings is 1. The minimum absolute atomic E-state index is 0.0360. The van der Waals surface area contributed by atoms with Crippen LogP contribution in [0.5, 0.6) is 5.75 Å². The number of benzene rings is 1. The lowest BCUT2D eigenvalue weighted by Crippen LogP contribution is -2.44. The van der Waals surface area contributed by atoms with E-state index in [0.717, 1.165) is 47.8 Å². The maximum absolute atomic E-state index is 12.0. The average Bonchev–Trinajstić information content (AvgIpc) is 2.77. The molecule has 6 nitrogen and oxygen atoms in total. The zero-order valence-electron chi connectivity index (χ0n) is 12.7. The van der Waals surface area contributed by atoms with Gasteiger partial charge in [0.1, 0.15) is 30.5 Å². The Morgan fingerprint density at radius 2 is 2.17 bits per heavy atom. The summed E-state index contributed by atoms with van der Waals surface area (Å²) in [5, 5.41) is 6.19. The van der Waals surface area contributed by atoms with Crippen LogP contribution in [0, 0.1) is 0 Å². The van der Waals surface area contributed by atoms with E-state index in [1.54, 1.807) is 0 Å². The molecule has 2 aliphatic heterocycles. The van der Waals surface area contributed by atoms with Crippen LogP contribution in [0.15, 0.2) is 30.6 Å². The zero-order chi connectivity index (χ0) is 15.6. The van der Waals surface area contributed by atoms with E-state index in [4.69, 9.17) is 4.74 Å². The number of ether oxygens (including phenoxy) is 1. The predicted octanol–water partition coefficient (Wildman–Crippen LogP) is 1.65. The summed E-state index contributed by atoms with van der Waals surface area (Å²) in [6.07, 6.45) is 4.02. The van der Waals surface area contributed by atoms with Crippen molar-refractivity contribution in [1.29, 1.82) is 0 Å². The number of aromatic nitrogens is 2. The van der Waals surface area contributed by atoms with E-state index in [1.165, 1.54) is 6.33 Å². The SMILES string of the molecule is O=C1NCCC[C@@H]1Nc1ncnc2c1Cc1ccccc1OC2. The third-order valence-corrected chi connectivity index (χ3v) is 4.34. The third-order valence-electron chi connectivity index (χ3n) is 4.34. The van der Waals surface area contributed by atoms with Crippen LogP contribution < -0.4 is 15.4 Å². The van der Waals surface area contributed by atoms with Crippen molar-refractivity contribution in [1.82, 2.24) is 15.3 Å². The van der Waals surface area contributed by atoms with Crippen LogP contribution in [0.4, 0.5) is 5.82 Å². The molecule has 0 aliphatic carbocycles. The number of rotatable bonds is 2. The number of hydrogen-bond acceptors (Lipinski definition) is 5. The van der Waals surface area contributed by atoms with E-state index in [-0.39, 0.29) is 11.9 Å². The zero-order valence-corrected chi connectivity index (χ0v) is 12.7. The molecule has 0 saturated carbocycles. The second kappa shape index (κ2) is 5.87. The standard InChI is InChI=1S/C17H18N4O2/c22-17-13(5-3-7-18-17)21-16-12-8-11-4-1-2-6-15(11)23-9-14(12)19-10-20-16/h1-2,4,6,10,13H,3,5,7-9H2,(H,18,22)(H,19,20,21)/t13-/m0/s1. The van der Waals surface area contributed by atoms with E-state index in [0.29, 0.717) is 13.0 Å². The van der Waals surface area contributed by atoms with Crippen LogP contribution in [0.2, 0.25) is 0 Å². The lowest BCUT2D eigenvalue weighted by molar-refractivity contribution is -0.123. The van der Waals surface area contributed by atoms with Crippen LogP contribution in [0.3, 0.4) is 0 Å². The van der Waals surface area contributed by atoms with Gasteiger partial charge in [-0.05, 0) is 24.5 Å². The number of carbonyl (C=O) groups is 1. The molecule has 23 heavy (non-hydrogen) atoms. The lowest BCUT2D eigenvalue weighted by atomic mass is 10.0. The van der Waals surface area contributed by atoms with Crippen molar-refractivity contribution in [3.63, 3.8) is 0 Å². The van der Waals surface area contributed by atoms with Crippen LogP contribution >= 0.6 is 0 Å². The highest BCUT2D eigenvalue weighted by molar-refractivity contribution is 5.85. The summed E-state index contributed by atoms with van der Waals surface area (Å²) >= 11 is 0. The first-order valence-corrected chi connectivity index (χ1v) is 7.89. The van der Waals surface area contributed by atoms with Crippen molar-refractivity contribution < 1.29 is 9.53 Å². The van der Waals surface area contributed by atoms with Gasteiger partial charge in [-0.15, -0.1) is 0 Å². The molecule has 118 valence electrons. The van der Waals surface area contributed by atoms with Crippen molar-refractivity contribution >= 4 is 11.7 Å². The van der Waals surface area contributed by atoms with E-state index in [1.807, 2.05) is 18.2 Å².